The van der Waals surface area contributed by atoms with Crippen molar-refractivity contribution in [3.8, 4) is 0 Å². The second kappa shape index (κ2) is 8.32. The minimum Gasteiger partial charge on any atom is -0.481 e. The van der Waals surface area contributed by atoms with Crippen LogP contribution in [0.5, 0.6) is 0 Å². The van der Waals surface area contributed by atoms with Gasteiger partial charge in [0, 0.05) is 11.4 Å². The summed E-state index contributed by atoms with van der Waals surface area (Å²) in [4.78, 5) is 29.3. The van der Waals surface area contributed by atoms with Gasteiger partial charge >= 0.3 is 5.97 Å². The molecule has 0 bridgehead atoms. The fourth-order valence-electron chi connectivity index (χ4n) is 3.76. The average Bonchev–Trinajstić information content (AvgIpc) is 3.02. The molecule has 1 unspecified atom stereocenters. The van der Waals surface area contributed by atoms with Crippen LogP contribution in [0.4, 0.5) is 0 Å². The van der Waals surface area contributed by atoms with Gasteiger partial charge in [-0.3, -0.25) is 14.5 Å². The quantitative estimate of drug-likeness (QED) is 0.882. The van der Waals surface area contributed by atoms with Crippen LogP contribution >= 0.6 is 23.7 Å². The molecule has 134 valence electrons. The largest absolute Gasteiger partial charge is 0.481 e. The number of piperidine rings is 1. The lowest BCUT2D eigenvalue weighted by Gasteiger charge is -2.37. The second-order valence-corrected chi connectivity index (χ2v) is 7.45. The predicted octanol–water partition coefficient (Wildman–Crippen LogP) is 2.80. The van der Waals surface area contributed by atoms with Crippen LogP contribution in [-0.2, 0) is 16.0 Å². The Bertz CT molecular complexity index is 584. The third kappa shape index (κ3) is 3.92. The lowest BCUT2D eigenvalue weighted by atomic mass is 9.96. The number of fused-ring (bicyclic) bond motifs is 1. The molecule has 1 saturated heterocycles. The number of carbonyl (C=O) groups is 2. The molecule has 2 aliphatic rings. The van der Waals surface area contributed by atoms with Gasteiger partial charge in [-0.05, 0) is 55.8 Å². The summed E-state index contributed by atoms with van der Waals surface area (Å²) in [6.45, 7) is 4.77. The van der Waals surface area contributed by atoms with Gasteiger partial charge in [-0.2, -0.15) is 0 Å². The van der Waals surface area contributed by atoms with Crippen molar-refractivity contribution in [2.75, 3.05) is 26.2 Å². The number of aliphatic carboxylic acids is 1. The molecule has 0 aliphatic carbocycles. The second-order valence-electron chi connectivity index (χ2n) is 6.45. The first-order valence-corrected chi connectivity index (χ1v) is 9.29. The van der Waals surface area contributed by atoms with Crippen molar-refractivity contribution in [1.29, 1.82) is 0 Å². The van der Waals surface area contributed by atoms with Crippen LogP contribution < -0.4 is 0 Å². The highest BCUT2D eigenvalue weighted by Crippen LogP contribution is 2.35. The van der Waals surface area contributed by atoms with Gasteiger partial charge in [-0.15, -0.1) is 23.7 Å². The molecule has 1 aromatic rings. The molecule has 7 heteroatoms. The summed E-state index contributed by atoms with van der Waals surface area (Å²) in [6.07, 6.45) is 3.19. The van der Waals surface area contributed by atoms with Crippen molar-refractivity contribution in [3.05, 3.63) is 21.9 Å². The average molecular weight is 373 g/mol. The zero-order chi connectivity index (χ0) is 16.4. The van der Waals surface area contributed by atoms with E-state index in [0.717, 1.165) is 19.4 Å². The van der Waals surface area contributed by atoms with Gasteiger partial charge in [-0.1, -0.05) is 6.92 Å². The normalized spacial score (nSPS) is 21.9. The Labute approximate surface area is 153 Å². The van der Waals surface area contributed by atoms with Crippen molar-refractivity contribution in [1.82, 2.24) is 9.80 Å². The van der Waals surface area contributed by atoms with E-state index in [-0.39, 0.29) is 30.3 Å². The maximum atomic E-state index is 12.8. The number of rotatable bonds is 4. The summed E-state index contributed by atoms with van der Waals surface area (Å²) >= 11 is 1.79. The molecule has 24 heavy (non-hydrogen) atoms. The van der Waals surface area contributed by atoms with Gasteiger partial charge in [0.15, 0.2) is 0 Å². The number of nitrogens with zero attached hydrogens (tertiary/aromatic N) is 2. The van der Waals surface area contributed by atoms with E-state index in [2.05, 4.69) is 23.3 Å². The molecule has 2 aliphatic heterocycles. The first-order valence-electron chi connectivity index (χ1n) is 8.41. The van der Waals surface area contributed by atoms with Crippen molar-refractivity contribution in [2.45, 2.75) is 38.6 Å². The Kier molecular flexibility index (Phi) is 6.66. The summed E-state index contributed by atoms with van der Waals surface area (Å²) in [7, 11) is 0. The van der Waals surface area contributed by atoms with Crippen molar-refractivity contribution in [2.24, 2.45) is 5.92 Å². The first-order chi connectivity index (χ1) is 11.1. The third-order valence-corrected chi connectivity index (χ3v) is 6.09. The maximum absolute atomic E-state index is 12.8. The van der Waals surface area contributed by atoms with E-state index < -0.39 is 5.97 Å². The Hall–Kier alpha value is -1.11. The Morgan fingerprint density at radius 2 is 2.00 bits per heavy atom. The minimum atomic E-state index is -0.706. The number of carboxylic acids is 1. The number of carboxylic acid groups (broad SMARTS) is 1. The van der Waals surface area contributed by atoms with Crippen LogP contribution in [0.1, 0.15) is 42.7 Å². The fourth-order valence-corrected chi connectivity index (χ4v) is 4.68. The van der Waals surface area contributed by atoms with Crippen molar-refractivity contribution >= 4 is 35.6 Å². The minimum absolute atomic E-state index is 0. The molecule has 1 aromatic heterocycles. The monoisotopic (exact) mass is 372 g/mol. The van der Waals surface area contributed by atoms with Gasteiger partial charge in [0.1, 0.15) is 0 Å². The van der Waals surface area contributed by atoms with Crippen LogP contribution in [0.2, 0.25) is 0 Å². The number of amides is 1. The molecule has 3 rings (SSSR count). The summed E-state index contributed by atoms with van der Waals surface area (Å²) in [5, 5.41) is 11.2. The highest BCUT2D eigenvalue weighted by Gasteiger charge is 2.32. The summed E-state index contributed by atoms with van der Waals surface area (Å²) in [6, 6.07) is 2.36. The topological polar surface area (TPSA) is 60.9 Å². The van der Waals surface area contributed by atoms with Crippen molar-refractivity contribution < 1.29 is 14.7 Å². The Balaban J connectivity index is 0.00000208. The number of hydrogen-bond donors (Lipinski definition) is 1. The van der Waals surface area contributed by atoms with E-state index in [0.29, 0.717) is 32.5 Å². The Morgan fingerprint density at radius 3 is 2.62 bits per heavy atom. The Morgan fingerprint density at radius 1 is 1.29 bits per heavy atom. The molecule has 1 fully saturated rings. The molecule has 5 nitrogen and oxygen atoms in total. The molecule has 0 saturated carbocycles. The summed E-state index contributed by atoms with van der Waals surface area (Å²) in [5.74, 6) is -0.765. The fraction of sp³-hybridized carbons (Fsp3) is 0.647. The number of carbonyl (C=O) groups excluding carboxylic acids is 1. The number of likely N-dealkylation sites (tertiary alicyclic amines) is 1. The number of hydrogen-bond acceptors (Lipinski definition) is 4. The lowest BCUT2D eigenvalue weighted by molar-refractivity contribution is -0.143. The standard InChI is InChI=1S/C17H24N2O3S.ClH/c1-2-14-13-6-10-23-15(13)5-9-19(14)16(20)11-18-7-3-12(4-8-18)17(21)22;/h6,10,12,14H,2-5,7-9,11H2,1H3,(H,21,22);1H. The van der Waals surface area contributed by atoms with Gasteiger partial charge in [0.25, 0.3) is 0 Å². The van der Waals surface area contributed by atoms with Crippen LogP contribution in [0.3, 0.4) is 0 Å². The zero-order valence-electron chi connectivity index (χ0n) is 13.9. The van der Waals surface area contributed by atoms with E-state index in [9.17, 15) is 9.59 Å². The maximum Gasteiger partial charge on any atom is 0.306 e. The highest BCUT2D eigenvalue weighted by atomic mass is 35.5. The van der Waals surface area contributed by atoms with Crippen LogP contribution in [0.15, 0.2) is 11.4 Å². The van der Waals surface area contributed by atoms with Gasteiger partial charge in [0.2, 0.25) is 5.91 Å². The van der Waals surface area contributed by atoms with E-state index in [1.807, 2.05) is 4.90 Å². The highest BCUT2D eigenvalue weighted by molar-refractivity contribution is 7.10. The smallest absolute Gasteiger partial charge is 0.306 e. The molecular formula is C17H25ClN2O3S. The third-order valence-electron chi connectivity index (χ3n) is 5.10. The zero-order valence-corrected chi connectivity index (χ0v) is 15.6. The van der Waals surface area contributed by atoms with Crippen LogP contribution in [0.25, 0.3) is 0 Å². The van der Waals surface area contributed by atoms with E-state index in [1.54, 1.807) is 11.3 Å². The molecular weight excluding hydrogens is 348 g/mol. The molecule has 1 amide bonds. The predicted molar refractivity (Wildman–Crippen MR) is 96.8 cm³/mol. The first kappa shape index (κ1) is 19.2. The van der Waals surface area contributed by atoms with Gasteiger partial charge in [-0.25, -0.2) is 0 Å². The van der Waals surface area contributed by atoms with E-state index in [4.69, 9.17) is 5.11 Å². The molecule has 0 aromatic carbocycles. The van der Waals surface area contributed by atoms with E-state index in [1.165, 1.54) is 10.4 Å². The van der Waals surface area contributed by atoms with Gasteiger partial charge in [0.05, 0.1) is 18.5 Å². The molecule has 1 N–H and O–H groups in total. The molecule has 1 atom stereocenters. The molecule has 3 heterocycles. The van der Waals surface area contributed by atoms with Crippen LogP contribution in [0, 0.1) is 5.92 Å². The molecule has 0 spiro atoms. The van der Waals surface area contributed by atoms with Gasteiger partial charge < -0.3 is 10.0 Å². The van der Waals surface area contributed by atoms with Crippen LogP contribution in [-0.4, -0.2) is 53.0 Å². The lowest BCUT2D eigenvalue weighted by Crippen LogP contribution is -2.47. The van der Waals surface area contributed by atoms with Crippen molar-refractivity contribution in [3.63, 3.8) is 0 Å². The molecule has 0 radical (unpaired) electrons. The number of halogens is 1. The SMILES string of the molecule is CCC1c2ccsc2CCN1C(=O)CN1CCC(C(=O)O)CC1.Cl. The summed E-state index contributed by atoms with van der Waals surface area (Å²) in [5.41, 5.74) is 1.32. The number of thiophene rings is 1. The van der Waals surface area contributed by atoms with E-state index >= 15 is 0 Å². The summed E-state index contributed by atoms with van der Waals surface area (Å²) < 4.78 is 0.